The van der Waals surface area contributed by atoms with Crippen molar-refractivity contribution in [3.8, 4) is 12.3 Å². The summed E-state index contributed by atoms with van der Waals surface area (Å²) in [5.41, 5.74) is 0. The Labute approximate surface area is 135 Å². The first-order valence-electron chi connectivity index (χ1n) is 6.96. The van der Waals surface area contributed by atoms with E-state index in [2.05, 4.69) is 40.3 Å². The summed E-state index contributed by atoms with van der Waals surface area (Å²) in [6.45, 7) is 12.1. The normalized spacial score (nSPS) is 10.8. The van der Waals surface area contributed by atoms with Gasteiger partial charge in [0.15, 0.2) is 5.96 Å². The van der Waals surface area contributed by atoms with Gasteiger partial charge in [0.05, 0.1) is 6.54 Å². The molecule has 0 unspecified atom stereocenters. The Morgan fingerprint density at radius 2 is 1.84 bits per heavy atom. The SMILES string of the molecule is C#CCNC(=NCCCCN(CC)CC)NCC.I. The maximum Gasteiger partial charge on any atom is 0.192 e. The second kappa shape index (κ2) is 15.6. The molecule has 0 saturated carbocycles. The Hall–Kier alpha value is -0.480. The van der Waals surface area contributed by atoms with E-state index in [1.165, 1.54) is 6.42 Å². The summed E-state index contributed by atoms with van der Waals surface area (Å²) in [6, 6.07) is 0. The van der Waals surface area contributed by atoms with E-state index >= 15 is 0 Å². The molecular formula is C14H29IN4. The van der Waals surface area contributed by atoms with Crippen LogP contribution in [0.4, 0.5) is 0 Å². The zero-order valence-corrected chi connectivity index (χ0v) is 14.9. The van der Waals surface area contributed by atoms with Crippen LogP contribution in [0, 0.1) is 12.3 Å². The number of aliphatic imine (C=N–C) groups is 1. The minimum absolute atomic E-state index is 0. The largest absolute Gasteiger partial charge is 0.357 e. The number of unbranched alkanes of at least 4 members (excludes halogenated alkanes) is 1. The highest BCUT2D eigenvalue weighted by molar-refractivity contribution is 14.0. The zero-order chi connectivity index (χ0) is 13.6. The van der Waals surface area contributed by atoms with E-state index in [1.54, 1.807) is 0 Å². The lowest BCUT2D eigenvalue weighted by Crippen LogP contribution is -2.37. The quantitative estimate of drug-likeness (QED) is 0.211. The molecule has 0 atom stereocenters. The van der Waals surface area contributed by atoms with Crippen molar-refractivity contribution in [3.05, 3.63) is 0 Å². The Balaban J connectivity index is 0. The van der Waals surface area contributed by atoms with Gasteiger partial charge < -0.3 is 15.5 Å². The molecule has 0 aliphatic carbocycles. The van der Waals surface area contributed by atoms with E-state index < -0.39 is 0 Å². The first-order chi connectivity index (χ1) is 8.78. The molecule has 0 fully saturated rings. The predicted octanol–water partition coefficient (Wildman–Crippen LogP) is 1.91. The van der Waals surface area contributed by atoms with Gasteiger partial charge in [-0.3, -0.25) is 4.99 Å². The summed E-state index contributed by atoms with van der Waals surface area (Å²) in [6.07, 6.45) is 7.52. The molecule has 0 aromatic carbocycles. The number of halogens is 1. The van der Waals surface area contributed by atoms with Crippen molar-refractivity contribution in [3.63, 3.8) is 0 Å². The molecule has 0 amide bonds. The third-order valence-corrected chi connectivity index (χ3v) is 2.75. The van der Waals surface area contributed by atoms with Crippen molar-refractivity contribution in [1.82, 2.24) is 15.5 Å². The van der Waals surface area contributed by atoms with E-state index in [4.69, 9.17) is 6.42 Å². The summed E-state index contributed by atoms with van der Waals surface area (Å²) in [5.74, 6) is 3.37. The van der Waals surface area contributed by atoms with Crippen LogP contribution in [0.3, 0.4) is 0 Å². The molecule has 0 aliphatic heterocycles. The average molecular weight is 380 g/mol. The molecule has 0 bridgehead atoms. The lowest BCUT2D eigenvalue weighted by molar-refractivity contribution is 0.297. The number of guanidine groups is 1. The maximum atomic E-state index is 5.21. The minimum Gasteiger partial charge on any atom is -0.357 e. The van der Waals surface area contributed by atoms with Gasteiger partial charge in [0.1, 0.15) is 0 Å². The molecule has 0 radical (unpaired) electrons. The van der Waals surface area contributed by atoms with Crippen molar-refractivity contribution < 1.29 is 0 Å². The summed E-state index contributed by atoms with van der Waals surface area (Å²) < 4.78 is 0. The fourth-order valence-electron chi connectivity index (χ4n) is 1.65. The number of nitrogens with one attached hydrogen (secondary N) is 2. The van der Waals surface area contributed by atoms with Crippen LogP contribution in [0.5, 0.6) is 0 Å². The highest BCUT2D eigenvalue weighted by Gasteiger charge is 1.98. The first-order valence-corrected chi connectivity index (χ1v) is 6.96. The van der Waals surface area contributed by atoms with Gasteiger partial charge in [-0.15, -0.1) is 30.4 Å². The third-order valence-electron chi connectivity index (χ3n) is 2.75. The molecule has 5 heteroatoms. The van der Waals surface area contributed by atoms with Crippen LogP contribution < -0.4 is 10.6 Å². The smallest absolute Gasteiger partial charge is 0.192 e. The lowest BCUT2D eigenvalue weighted by atomic mass is 10.3. The number of rotatable bonds is 9. The van der Waals surface area contributed by atoms with Crippen molar-refractivity contribution in [2.24, 2.45) is 4.99 Å². The van der Waals surface area contributed by atoms with Gasteiger partial charge in [0.2, 0.25) is 0 Å². The van der Waals surface area contributed by atoms with Crippen molar-refractivity contribution >= 4 is 29.9 Å². The van der Waals surface area contributed by atoms with Crippen LogP contribution in [-0.2, 0) is 0 Å². The van der Waals surface area contributed by atoms with Gasteiger partial charge in [-0.2, -0.15) is 0 Å². The number of hydrogen-bond donors (Lipinski definition) is 2. The molecular weight excluding hydrogens is 351 g/mol. The summed E-state index contributed by atoms with van der Waals surface area (Å²) in [5, 5.41) is 6.26. The fraction of sp³-hybridized carbons (Fsp3) is 0.786. The minimum atomic E-state index is 0. The summed E-state index contributed by atoms with van der Waals surface area (Å²) in [4.78, 5) is 6.92. The van der Waals surface area contributed by atoms with Gasteiger partial charge in [-0.25, -0.2) is 0 Å². The molecule has 0 rings (SSSR count). The third kappa shape index (κ3) is 12.3. The van der Waals surface area contributed by atoms with Crippen LogP contribution in [0.1, 0.15) is 33.6 Å². The van der Waals surface area contributed by atoms with Crippen molar-refractivity contribution in [2.75, 3.05) is 39.3 Å². The van der Waals surface area contributed by atoms with E-state index in [0.717, 1.165) is 45.1 Å². The lowest BCUT2D eigenvalue weighted by Gasteiger charge is -2.17. The van der Waals surface area contributed by atoms with Gasteiger partial charge in [-0.1, -0.05) is 19.8 Å². The summed E-state index contributed by atoms with van der Waals surface area (Å²) in [7, 11) is 0. The second-order valence-corrected chi connectivity index (χ2v) is 4.05. The molecule has 19 heavy (non-hydrogen) atoms. The van der Waals surface area contributed by atoms with Crippen LogP contribution in [0.2, 0.25) is 0 Å². The molecule has 0 saturated heterocycles. The molecule has 0 spiro atoms. The molecule has 4 nitrogen and oxygen atoms in total. The molecule has 112 valence electrons. The van der Waals surface area contributed by atoms with Crippen LogP contribution in [-0.4, -0.2) is 50.1 Å². The molecule has 2 N–H and O–H groups in total. The second-order valence-electron chi connectivity index (χ2n) is 4.05. The predicted molar refractivity (Wildman–Crippen MR) is 95.3 cm³/mol. The molecule has 0 heterocycles. The Bertz CT molecular complexity index is 257. The molecule has 0 aromatic rings. The van der Waals surface area contributed by atoms with Crippen molar-refractivity contribution in [1.29, 1.82) is 0 Å². The van der Waals surface area contributed by atoms with Gasteiger partial charge in [-0.05, 0) is 39.4 Å². The number of terminal acetylenes is 1. The van der Waals surface area contributed by atoms with E-state index in [-0.39, 0.29) is 24.0 Å². The monoisotopic (exact) mass is 380 g/mol. The average Bonchev–Trinajstić information content (AvgIpc) is 2.40. The van der Waals surface area contributed by atoms with Gasteiger partial charge in [0.25, 0.3) is 0 Å². The number of hydrogen-bond acceptors (Lipinski definition) is 2. The van der Waals surface area contributed by atoms with E-state index in [1.807, 2.05) is 6.92 Å². The molecule has 0 aromatic heterocycles. The topological polar surface area (TPSA) is 39.7 Å². The van der Waals surface area contributed by atoms with Gasteiger partial charge in [0, 0.05) is 13.1 Å². The first kappa shape index (κ1) is 20.8. The van der Waals surface area contributed by atoms with E-state index in [0.29, 0.717) is 6.54 Å². The van der Waals surface area contributed by atoms with Crippen LogP contribution in [0.15, 0.2) is 4.99 Å². The Kier molecular flexibility index (Phi) is 17.1. The standard InChI is InChI=1S/C14H28N4.HI/c1-5-11-16-14(15-6-2)17-12-9-10-13-18(7-3)8-4;/h1H,6-13H2,2-4H3,(H2,15,16,17);1H. The van der Waals surface area contributed by atoms with Crippen LogP contribution >= 0.6 is 24.0 Å². The highest BCUT2D eigenvalue weighted by atomic mass is 127. The number of nitrogens with zero attached hydrogens (tertiary/aromatic N) is 2. The maximum absolute atomic E-state index is 5.21. The van der Waals surface area contributed by atoms with Crippen molar-refractivity contribution in [2.45, 2.75) is 33.6 Å². The highest BCUT2D eigenvalue weighted by Crippen LogP contribution is 1.95. The zero-order valence-electron chi connectivity index (χ0n) is 12.5. The van der Waals surface area contributed by atoms with Gasteiger partial charge >= 0.3 is 0 Å². The molecule has 0 aliphatic rings. The Morgan fingerprint density at radius 1 is 1.16 bits per heavy atom. The van der Waals surface area contributed by atoms with E-state index in [9.17, 15) is 0 Å². The van der Waals surface area contributed by atoms with Crippen LogP contribution in [0.25, 0.3) is 0 Å². The fourth-order valence-corrected chi connectivity index (χ4v) is 1.65. The summed E-state index contributed by atoms with van der Waals surface area (Å²) >= 11 is 0. The Morgan fingerprint density at radius 3 is 2.37 bits per heavy atom.